The lowest BCUT2D eigenvalue weighted by Crippen LogP contribution is -2.43. The maximum absolute atomic E-state index is 13.6. The van der Waals surface area contributed by atoms with E-state index in [9.17, 15) is 22.7 Å². The lowest BCUT2D eigenvalue weighted by Gasteiger charge is -2.31. The molecule has 33 heavy (non-hydrogen) atoms. The topological polar surface area (TPSA) is 87.1 Å². The van der Waals surface area contributed by atoms with Crippen molar-refractivity contribution in [3.63, 3.8) is 0 Å². The summed E-state index contributed by atoms with van der Waals surface area (Å²) in [5.74, 6) is -2.09. The predicted molar refractivity (Wildman–Crippen MR) is 124 cm³/mol. The van der Waals surface area contributed by atoms with Gasteiger partial charge in [0.05, 0.1) is 24.2 Å². The van der Waals surface area contributed by atoms with E-state index in [4.69, 9.17) is 16.3 Å². The molecule has 4 rings (SSSR count). The SMILES string of the molecule is Cl.O=C1C(O)=C(S(=O)(=O)c2ccc(Cl)cc2)C(c2ccc(F)cc2)N1CCN1CCOCC1. The Morgan fingerprint density at radius 1 is 1.03 bits per heavy atom. The van der Waals surface area contributed by atoms with Gasteiger partial charge in [-0.3, -0.25) is 9.69 Å². The molecule has 0 spiro atoms. The molecule has 1 amide bonds. The van der Waals surface area contributed by atoms with Crippen molar-refractivity contribution in [1.82, 2.24) is 9.80 Å². The zero-order valence-electron chi connectivity index (χ0n) is 17.5. The summed E-state index contributed by atoms with van der Waals surface area (Å²) in [5.41, 5.74) is 0.387. The first-order chi connectivity index (χ1) is 15.3. The third kappa shape index (κ3) is 5.17. The van der Waals surface area contributed by atoms with Gasteiger partial charge in [0.15, 0.2) is 5.76 Å². The molecule has 1 fully saturated rings. The van der Waals surface area contributed by atoms with Crippen LogP contribution in [0.3, 0.4) is 0 Å². The summed E-state index contributed by atoms with van der Waals surface area (Å²) in [4.78, 5) is 15.9. The molecule has 1 saturated heterocycles. The predicted octanol–water partition coefficient (Wildman–Crippen LogP) is 3.36. The molecular weight excluding hydrogens is 494 g/mol. The van der Waals surface area contributed by atoms with Gasteiger partial charge < -0.3 is 14.7 Å². The molecule has 1 unspecified atom stereocenters. The second kappa shape index (κ2) is 10.4. The maximum Gasteiger partial charge on any atom is 0.290 e. The van der Waals surface area contributed by atoms with Crippen molar-refractivity contribution >= 4 is 39.8 Å². The Labute approximate surface area is 202 Å². The molecule has 2 heterocycles. The van der Waals surface area contributed by atoms with E-state index in [1.54, 1.807) is 0 Å². The molecule has 2 aromatic rings. The zero-order chi connectivity index (χ0) is 22.9. The van der Waals surface area contributed by atoms with Crippen LogP contribution in [0.25, 0.3) is 0 Å². The minimum absolute atomic E-state index is 0. The van der Waals surface area contributed by atoms with Crippen LogP contribution in [0.2, 0.25) is 5.02 Å². The first-order valence-corrected chi connectivity index (χ1v) is 12.0. The third-order valence-corrected chi connectivity index (χ3v) is 7.76. The van der Waals surface area contributed by atoms with Gasteiger partial charge in [-0.2, -0.15) is 0 Å². The Kier molecular flexibility index (Phi) is 8.02. The number of ether oxygens (including phenoxy) is 1. The molecule has 0 bridgehead atoms. The van der Waals surface area contributed by atoms with Gasteiger partial charge in [-0.15, -0.1) is 12.4 Å². The number of nitrogens with zero attached hydrogens (tertiary/aromatic N) is 2. The van der Waals surface area contributed by atoms with E-state index in [2.05, 4.69) is 4.90 Å². The van der Waals surface area contributed by atoms with E-state index in [0.717, 1.165) is 0 Å². The van der Waals surface area contributed by atoms with Crippen LogP contribution in [-0.2, 0) is 19.4 Å². The van der Waals surface area contributed by atoms with Crippen LogP contribution in [0.4, 0.5) is 4.39 Å². The van der Waals surface area contributed by atoms with E-state index in [0.29, 0.717) is 43.4 Å². The molecule has 11 heteroatoms. The molecule has 7 nitrogen and oxygen atoms in total. The van der Waals surface area contributed by atoms with E-state index in [1.807, 2.05) is 0 Å². The molecule has 1 atom stereocenters. The number of sulfone groups is 1. The Balaban J connectivity index is 0.00000306. The summed E-state index contributed by atoms with van der Waals surface area (Å²) in [6, 6.07) is 9.64. The van der Waals surface area contributed by atoms with Gasteiger partial charge in [0.25, 0.3) is 5.91 Å². The van der Waals surface area contributed by atoms with Crippen LogP contribution in [0.15, 0.2) is 64.1 Å². The fourth-order valence-corrected chi connectivity index (χ4v) is 5.70. The van der Waals surface area contributed by atoms with Crippen molar-refractivity contribution in [1.29, 1.82) is 0 Å². The first kappa shape index (κ1) is 25.5. The quantitative estimate of drug-likeness (QED) is 0.633. The average molecular weight is 517 g/mol. The average Bonchev–Trinajstić information content (AvgIpc) is 3.04. The summed E-state index contributed by atoms with van der Waals surface area (Å²) in [5, 5.41) is 11.0. The van der Waals surface area contributed by atoms with E-state index >= 15 is 0 Å². The van der Waals surface area contributed by atoms with Crippen molar-refractivity contribution in [2.24, 2.45) is 0 Å². The highest BCUT2D eigenvalue weighted by atomic mass is 35.5. The van der Waals surface area contributed by atoms with Crippen LogP contribution in [0, 0.1) is 5.82 Å². The van der Waals surface area contributed by atoms with Crippen molar-refractivity contribution in [3.8, 4) is 0 Å². The zero-order valence-corrected chi connectivity index (χ0v) is 19.9. The number of aliphatic hydroxyl groups is 1. The number of hydrogen-bond donors (Lipinski definition) is 1. The Morgan fingerprint density at radius 2 is 1.64 bits per heavy atom. The molecule has 178 valence electrons. The largest absolute Gasteiger partial charge is 0.502 e. The van der Waals surface area contributed by atoms with Crippen LogP contribution >= 0.6 is 24.0 Å². The summed E-state index contributed by atoms with van der Waals surface area (Å²) in [6.07, 6.45) is 0. The normalized spacial score (nSPS) is 19.6. The molecule has 2 aliphatic heterocycles. The molecule has 1 N–H and O–H groups in total. The molecular formula is C22H23Cl2FN2O5S. The molecule has 0 radical (unpaired) electrons. The van der Waals surface area contributed by atoms with E-state index < -0.39 is 38.3 Å². The highest BCUT2D eigenvalue weighted by Gasteiger charge is 2.46. The van der Waals surface area contributed by atoms with Crippen LogP contribution in [0.1, 0.15) is 11.6 Å². The van der Waals surface area contributed by atoms with Gasteiger partial charge in [-0.05, 0) is 42.0 Å². The first-order valence-electron chi connectivity index (χ1n) is 10.1. The van der Waals surface area contributed by atoms with Gasteiger partial charge in [0.1, 0.15) is 10.7 Å². The number of rotatable bonds is 6. The van der Waals surface area contributed by atoms with E-state index in [-0.39, 0.29) is 23.8 Å². The lowest BCUT2D eigenvalue weighted by atomic mass is 10.1. The number of aliphatic hydroxyl groups excluding tert-OH is 1. The van der Waals surface area contributed by atoms with Crippen LogP contribution < -0.4 is 0 Å². The monoisotopic (exact) mass is 516 g/mol. The fraction of sp³-hybridized carbons (Fsp3) is 0.318. The van der Waals surface area contributed by atoms with Crippen molar-refractivity contribution < 1.29 is 27.4 Å². The fourth-order valence-electron chi connectivity index (χ4n) is 3.93. The summed E-state index contributed by atoms with van der Waals surface area (Å²) in [6.45, 7) is 3.21. The Hall–Kier alpha value is -2.17. The summed E-state index contributed by atoms with van der Waals surface area (Å²) < 4.78 is 45.8. The molecule has 2 aromatic carbocycles. The summed E-state index contributed by atoms with van der Waals surface area (Å²) >= 11 is 5.88. The van der Waals surface area contributed by atoms with Gasteiger partial charge in [0.2, 0.25) is 9.84 Å². The smallest absolute Gasteiger partial charge is 0.290 e. The van der Waals surface area contributed by atoms with Crippen molar-refractivity contribution in [3.05, 3.63) is 75.6 Å². The second-order valence-electron chi connectivity index (χ2n) is 7.58. The Morgan fingerprint density at radius 3 is 2.24 bits per heavy atom. The molecule has 0 aliphatic carbocycles. The highest BCUT2D eigenvalue weighted by Crippen LogP contribution is 2.42. The van der Waals surface area contributed by atoms with Crippen molar-refractivity contribution in [2.75, 3.05) is 39.4 Å². The summed E-state index contributed by atoms with van der Waals surface area (Å²) in [7, 11) is -4.24. The van der Waals surface area contributed by atoms with E-state index in [1.165, 1.54) is 53.4 Å². The number of morpholine rings is 1. The van der Waals surface area contributed by atoms with Crippen molar-refractivity contribution in [2.45, 2.75) is 10.9 Å². The van der Waals surface area contributed by atoms with Crippen LogP contribution in [0.5, 0.6) is 0 Å². The number of hydrogen-bond acceptors (Lipinski definition) is 6. The lowest BCUT2D eigenvalue weighted by molar-refractivity contribution is -0.129. The van der Waals surface area contributed by atoms with Gasteiger partial charge in [-0.25, -0.2) is 12.8 Å². The number of halogens is 3. The third-order valence-electron chi connectivity index (χ3n) is 5.62. The molecule has 0 saturated carbocycles. The number of amides is 1. The maximum atomic E-state index is 13.6. The molecule has 0 aromatic heterocycles. The number of carbonyl (C=O) groups is 1. The minimum Gasteiger partial charge on any atom is -0.502 e. The second-order valence-corrected chi connectivity index (χ2v) is 9.93. The van der Waals surface area contributed by atoms with Gasteiger partial charge in [-0.1, -0.05) is 23.7 Å². The van der Waals surface area contributed by atoms with Gasteiger partial charge >= 0.3 is 0 Å². The highest BCUT2D eigenvalue weighted by molar-refractivity contribution is 7.95. The number of benzene rings is 2. The Bertz CT molecular complexity index is 1130. The minimum atomic E-state index is -4.24. The van der Waals surface area contributed by atoms with Crippen LogP contribution in [-0.4, -0.2) is 68.6 Å². The van der Waals surface area contributed by atoms with Gasteiger partial charge in [0, 0.05) is 31.2 Å². The standard InChI is InChI=1S/C22H22ClFN2O5S.ClH/c23-16-3-7-18(8-4-16)32(29,30)21-19(15-1-5-17(24)6-2-15)26(22(28)20(21)27)10-9-25-11-13-31-14-12-25;/h1-8,19,27H,9-14H2;1H. The number of carbonyl (C=O) groups excluding carboxylic acids is 1. The molecule has 2 aliphatic rings.